The van der Waals surface area contributed by atoms with Crippen LogP contribution in [-0.2, 0) is 0 Å². The van der Waals surface area contributed by atoms with Crippen molar-refractivity contribution in [1.29, 1.82) is 0 Å². The molecule has 1 heterocycles. The van der Waals surface area contributed by atoms with Crippen molar-refractivity contribution in [2.24, 2.45) is 0 Å². The largest absolute Gasteiger partial charge is 0.324 e. The number of anilines is 1. The number of rotatable bonds is 2. The molecule has 0 bridgehead atoms. The molecule has 25 heavy (non-hydrogen) atoms. The summed E-state index contributed by atoms with van der Waals surface area (Å²) < 4.78 is 0. The van der Waals surface area contributed by atoms with Crippen LogP contribution in [0.25, 0.3) is 0 Å². The number of nitrogens with zero attached hydrogens (tertiary/aromatic N) is 1. The molecule has 0 radical (unpaired) electrons. The number of hydrogen-bond donors (Lipinski definition) is 1. The van der Waals surface area contributed by atoms with Crippen molar-refractivity contribution in [1.82, 2.24) is 4.90 Å². The molecule has 1 N–H and O–H groups in total. The van der Waals surface area contributed by atoms with Crippen molar-refractivity contribution >= 4 is 35.1 Å². The fourth-order valence-corrected chi connectivity index (χ4v) is 4.81. The summed E-state index contributed by atoms with van der Waals surface area (Å²) in [5.41, 5.74) is 4.34. The molecule has 132 valence electrons. The molecule has 5 heteroatoms. The third-order valence-corrected chi connectivity index (χ3v) is 6.01. The van der Waals surface area contributed by atoms with Crippen LogP contribution < -0.4 is 5.32 Å². The molecule has 1 aliphatic rings. The molecule has 1 saturated heterocycles. The number of thioether (sulfide) groups is 1. The van der Waals surface area contributed by atoms with Gasteiger partial charge in [-0.15, -0.1) is 0 Å². The van der Waals surface area contributed by atoms with Crippen LogP contribution in [-0.4, -0.2) is 29.8 Å². The first-order chi connectivity index (χ1) is 12.0. The minimum absolute atomic E-state index is 0.0228. The van der Waals surface area contributed by atoms with E-state index in [4.69, 9.17) is 11.6 Å². The van der Waals surface area contributed by atoms with Crippen molar-refractivity contribution in [2.45, 2.75) is 25.5 Å². The average Bonchev–Trinajstić information content (AvgIpc) is 2.80. The molecule has 0 saturated carbocycles. The van der Waals surface area contributed by atoms with Gasteiger partial charge >= 0.3 is 6.03 Å². The highest BCUT2D eigenvalue weighted by Crippen LogP contribution is 2.37. The van der Waals surface area contributed by atoms with E-state index in [1.165, 1.54) is 5.56 Å². The molecule has 3 nitrogen and oxygen atoms in total. The maximum Gasteiger partial charge on any atom is 0.321 e. The van der Waals surface area contributed by atoms with Gasteiger partial charge in [0.25, 0.3) is 0 Å². The van der Waals surface area contributed by atoms with E-state index in [0.717, 1.165) is 47.1 Å². The van der Waals surface area contributed by atoms with Crippen molar-refractivity contribution in [3.63, 3.8) is 0 Å². The Morgan fingerprint density at radius 1 is 1.16 bits per heavy atom. The number of benzene rings is 2. The molecule has 0 aliphatic carbocycles. The Morgan fingerprint density at radius 3 is 2.60 bits per heavy atom. The quantitative estimate of drug-likeness (QED) is 0.734. The number of carbonyl (C=O) groups excluding carboxylic acids is 1. The molecular formula is C20H23ClN2OS. The van der Waals surface area contributed by atoms with Crippen molar-refractivity contribution in [2.75, 3.05) is 24.2 Å². The predicted molar refractivity (Wildman–Crippen MR) is 108 cm³/mol. The van der Waals surface area contributed by atoms with Crippen molar-refractivity contribution in [3.05, 3.63) is 64.2 Å². The molecular weight excluding hydrogens is 352 g/mol. The van der Waals surface area contributed by atoms with Crippen LogP contribution in [0.3, 0.4) is 0 Å². The Hall–Kier alpha value is -1.65. The highest BCUT2D eigenvalue weighted by atomic mass is 35.5. The van der Waals surface area contributed by atoms with Crippen LogP contribution in [0.4, 0.5) is 10.5 Å². The van der Waals surface area contributed by atoms with E-state index in [0.29, 0.717) is 5.25 Å². The van der Waals surface area contributed by atoms with Gasteiger partial charge in [-0.25, -0.2) is 4.79 Å². The van der Waals surface area contributed by atoms with Gasteiger partial charge in [0, 0.05) is 34.8 Å². The van der Waals surface area contributed by atoms with Crippen molar-refractivity contribution in [3.8, 4) is 0 Å². The predicted octanol–water partition coefficient (Wildman–Crippen LogP) is 5.67. The molecule has 1 unspecified atom stereocenters. The lowest BCUT2D eigenvalue weighted by Gasteiger charge is -2.21. The number of urea groups is 1. The van der Waals surface area contributed by atoms with E-state index in [1.54, 1.807) is 0 Å². The summed E-state index contributed by atoms with van der Waals surface area (Å²) in [6.07, 6.45) is 0.911. The van der Waals surface area contributed by atoms with Gasteiger partial charge in [-0.05, 0) is 55.2 Å². The second-order valence-electron chi connectivity index (χ2n) is 6.46. The van der Waals surface area contributed by atoms with Crippen LogP contribution in [0.1, 0.15) is 28.4 Å². The Balaban J connectivity index is 1.64. The van der Waals surface area contributed by atoms with Crippen LogP contribution in [0.5, 0.6) is 0 Å². The molecule has 2 aromatic rings. The maximum absolute atomic E-state index is 12.6. The molecule has 2 amide bonds. The molecule has 3 rings (SSSR count). The van der Waals surface area contributed by atoms with Crippen LogP contribution in [0.15, 0.2) is 42.5 Å². The van der Waals surface area contributed by atoms with E-state index >= 15 is 0 Å². The van der Waals surface area contributed by atoms with Gasteiger partial charge in [-0.1, -0.05) is 35.9 Å². The molecule has 2 aromatic carbocycles. The van der Waals surface area contributed by atoms with Crippen LogP contribution in [0.2, 0.25) is 5.02 Å². The number of nitrogens with one attached hydrogen (secondary N) is 1. The average molecular weight is 375 g/mol. The van der Waals surface area contributed by atoms with Gasteiger partial charge in [0.15, 0.2) is 0 Å². The Kier molecular flexibility index (Phi) is 5.92. The fourth-order valence-electron chi connectivity index (χ4n) is 3.21. The third kappa shape index (κ3) is 4.71. The monoisotopic (exact) mass is 374 g/mol. The number of amides is 2. The minimum Gasteiger partial charge on any atom is -0.324 e. The zero-order valence-electron chi connectivity index (χ0n) is 14.6. The standard InChI is InChI=1S/C20H23ClN2OS/c1-14-11-15(2)13-16(12-14)22-20(24)23-8-7-19(25-10-9-23)17-5-3-4-6-18(17)21/h3-6,11-13,19H,7-10H2,1-2H3,(H,22,24). The molecule has 1 fully saturated rings. The van der Waals surface area contributed by atoms with E-state index in [1.807, 2.05) is 60.8 Å². The van der Waals surface area contributed by atoms with Gasteiger partial charge in [0.2, 0.25) is 0 Å². The highest BCUT2D eigenvalue weighted by molar-refractivity contribution is 7.99. The highest BCUT2D eigenvalue weighted by Gasteiger charge is 2.23. The lowest BCUT2D eigenvalue weighted by atomic mass is 10.1. The second-order valence-corrected chi connectivity index (χ2v) is 8.18. The summed E-state index contributed by atoms with van der Waals surface area (Å²) in [5.74, 6) is 0.913. The topological polar surface area (TPSA) is 32.3 Å². The van der Waals surface area contributed by atoms with Crippen molar-refractivity contribution < 1.29 is 4.79 Å². The summed E-state index contributed by atoms with van der Waals surface area (Å²) in [6.45, 7) is 5.57. The smallest absolute Gasteiger partial charge is 0.321 e. The first-order valence-corrected chi connectivity index (χ1v) is 9.96. The molecule has 1 aliphatic heterocycles. The van der Waals surface area contributed by atoms with E-state index in [-0.39, 0.29) is 6.03 Å². The Labute approximate surface area is 158 Å². The normalized spacial score (nSPS) is 17.9. The van der Waals surface area contributed by atoms with E-state index in [2.05, 4.69) is 17.4 Å². The first-order valence-electron chi connectivity index (χ1n) is 8.53. The van der Waals surface area contributed by atoms with Gasteiger partial charge in [0.05, 0.1) is 0 Å². The number of halogens is 1. The molecule has 0 aromatic heterocycles. The van der Waals surface area contributed by atoms with Gasteiger partial charge < -0.3 is 10.2 Å². The SMILES string of the molecule is Cc1cc(C)cc(NC(=O)N2CCSC(c3ccccc3Cl)CC2)c1. The maximum atomic E-state index is 12.6. The lowest BCUT2D eigenvalue weighted by molar-refractivity contribution is 0.215. The fraction of sp³-hybridized carbons (Fsp3) is 0.350. The minimum atomic E-state index is -0.0228. The summed E-state index contributed by atoms with van der Waals surface area (Å²) >= 11 is 8.22. The number of carbonyl (C=O) groups is 1. The zero-order valence-corrected chi connectivity index (χ0v) is 16.2. The van der Waals surface area contributed by atoms with Crippen LogP contribution in [0, 0.1) is 13.8 Å². The summed E-state index contributed by atoms with van der Waals surface area (Å²) in [6, 6.07) is 14.1. The molecule has 1 atom stereocenters. The second kappa shape index (κ2) is 8.15. The summed E-state index contributed by atoms with van der Waals surface area (Å²) in [4.78, 5) is 14.5. The van der Waals surface area contributed by atoms with Gasteiger partial charge in [0.1, 0.15) is 0 Å². The van der Waals surface area contributed by atoms with Gasteiger partial charge in [-0.2, -0.15) is 11.8 Å². The van der Waals surface area contributed by atoms with E-state index in [9.17, 15) is 4.79 Å². The number of aryl methyl sites for hydroxylation is 2. The van der Waals surface area contributed by atoms with Gasteiger partial charge in [-0.3, -0.25) is 0 Å². The number of hydrogen-bond acceptors (Lipinski definition) is 2. The Bertz CT molecular complexity index is 745. The zero-order chi connectivity index (χ0) is 17.8. The third-order valence-electron chi connectivity index (χ3n) is 4.35. The summed E-state index contributed by atoms with van der Waals surface area (Å²) in [5, 5.41) is 4.19. The first kappa shape index (κ1) is 18.2. The molecule has 0 spiro atoms. The van der Waals surface area contributed by atoms with Crippen LogP contribution >= 0.6 is 23.4 Å². The lowest BCUT2D eigenvalue weighted by Crippen LogP contribution is -2.36. The van der Waals surface area contributed by atoms with E-state index < -0.39 is 0 Å². The summed E-state index contributed by atoms with van der Waals surface area (Å²) in [7, 11) is 0. The Morgan fingerprint density at radius 2 is 1.88 bits per heavy atom.